The van der Waals surface area contributed by atoms with Crippen LogP contribution in [-0.2, 0) is 27.3 Å². The standard InChI is InChI=1S/C21H25NO4/c1-3-25-19-12-8-7-11-18(19)13-14-20(23)26-16(2)21(24)22-15-17-9-5-4-6-10-17/h4-12,16H,3,13-15H2,1-2H3,(H,22,24). The average Bonchev–Trinajstić information content (AvgIpc) is 2.66. The number of para-hydroxylation sites is 1. The largest absolute Gasteiger partial charge is 0.494 e. The zero-order valence-electron chi connectivity index (χ0n) is 15.2. The zero-order valence-corrected chi connectivity index (χ0v) is 15.2. The first-order valence-corrected chi connectivity index (χ1v) is 8.82. The highest BCUT2D eigenvalue weighted by Crippen LogP contribution is 2.19. The second kappa shape index (κ2) is 10.2. The molecule has 2 rings (SSSR count). The van der Waals surface area contributed by atoms with Crippen LogP contribution >= 0.6 is 0 Å². The van der Waals surface area contributed by atoms with E-state index >= 15 is 0 Å². The lowest BCUT2D eigenvalue weighted by Gasteiger charge is -2.14. The van der Waals surface area contributed by atoms with Gasteiger partial charge in [-0.2, -0.15) is 0 Å². The number of ether oxygens (including phenoxy) is 2. The van der Waals surface area contributed by atoms with Crippen LogP contribution in [0.3, 0.4) is 0 Å². The SMILES string of the molecule is CCOc1ccccc1CCC(=O)OC(C)C(=O)NCc1ccccc1. The minimum Gasteiger partial charge on any atom is -0.494 e. The summed E-state index contributed by atoms with van der Waals surface area (Å²) in [4.78, 5) is 24.1. The van der Waals surface area contributed by atoms with Crippen LogP contribution in [0.25, 0.3) is 0 Å². The highest BCUT2D eigenvalue weighted by atomic mass is 16.5. The fourth-order valence-electron chi connectivity index (χ4n) is 2.48. The minimum absolute atomic E-state index is 0.195. The van der Waals surface area contributed by atoms with Gasteiger partial charge in [0.15, 0.2) is 6.10 Å². The third kappa shape index (κ3) is 6.24. The second-order valence-corrected chi connectivity index (χ2v) is 5.88. The van der Waals surface area contributed by atoms with Crippen molar-refractivity contribution in [3.05, 3.63) is 65.7 Å². The molecule has 0 aliphatic rings. The maximum Gasteiger partial charge on any atom is 0.306 e. The van der Waals surface area contributed by atoms with Gasteiger partial charge in [-0.15, -0.1) is 0 Å². The molecule has 0 aliphatic carbocycles. The molecule has 1 unspecified atom stereocenters. The van der Waals surface area contributed by atoms with E-state index in [1.165, 1.54) is 0 Å². The molecule has 5 heteroatoms. The topological polar surface area (TPSA) is 64.6 Å². The van der Waals surface area contributed by atoms with Crippen LogP contribution in [0, 0.1) is 0 Å². The molecule has 138 valence electrons. The number of hydrogen-bond acceptors (Lipinski definition) is 4. The first kappa shape index (κ1) is 19.5. The Kier molecular flexibility index (Phi) is 7.68. The normalized spacial score (nSPS) is 11.5. The number of aryl methyl sites for hydroxylation is 1. The summed E-state index contributed by atoms with van der Waals surface area (Å²) in [6.07, 6.45) is -0.123. The summed E-state index contributed by atoms with van der Waals surface area (Å²) < 4.78 is 10.8. The van der Waals surface area contributed by atoms with Crippen molar-refractivity contribution in [2.75, 3.05) is 6.61 Å². The molecule has 0 saturated heterocycles. The smallest absolute Gasteiger partial charge is 0.306 e. The number of amides is 1. The van der Waals surface area contributed by atoms with Crippen molar-refractivity contribution >= 4 is 11.9 Å². The number of hydrogen-bond donors (Lipinski definition) is 1. The molecule has 1 atom stereocenters. The van der Waals surface area contributed by atoms with E-state index in [1.54, 1.807) is 6.92 Å². The van der Waals surface area contributed by atoms with Gasteiger partial charge in [-0.05, 0) is 37.5 Å². The first-order valence-electron chi connectivity index (χ1n) is 8.82. The van der Waals surface area contributed by atoms with Crippen molar-refractivity contribution < 1.29 is 19.1 Å². The fraction of sp³-hybridized carbons (Fsp3) is 0.333. The van der Waals surface area contributed by atoms with Crippen molar-refractivity contribution in [2.24, 2.45) is 0 Å². The van der Waals surface area contributed by atoms with Crippen LogP contribution < -0.4 is 10.1 Å². The third-order valence-electron chi connectivity index (χ3n) is 3.86. The molecule has 2 aromatic carbocycles. The highest BCUT2D eigenvalue weighted by Gasteiger charge is 2.17. The Balaban J connectivity index is 1.77. The van der Waals surface area contributed by atoms with Gasteiger partial charge in [-0.25, -0.2) is 0 Å². The van der Waals surface area contributed by atoms with Crippen molar-refractivity contribution in [3.63, 3.8) is 0 Å². The molecule has 1 N–H and O–H groups in total. The summed E-state index contributed by atoms with van der Waals surface area (Å²) >= 11 is 0. The molecule has 0 radical (unpaired) electrons. The van der Waals surface area contributed by atoms with Gasteiger partial charge in [0.05, 0.1) is 6.61 Å². The molecular weight excluding hydrogens is 330 g/mol. The third-order valence-corrected chi connectivity index (χ3v) is 3.86. The highest BCUT2D eigenvalue weighted by molar-refractivity contribution is 5.83. The molecule has 0 fully saturated rings. The van der Waals surface area contributed by atoms with Gasteiger partial charge in [0.1, 0.15) is 5.75 Å². The Hall–Kier alpha value is -2.82. The summed E-state index contributed by atoms with van der Waals surface area (Å²) in [5.74, 6) is 0.0621. The molecule has 0 heterocycles. The molecule has 0 aliphatic heterocycles. The summed E-state index contributed by atoms with van der Waals surface area (Å²) in [7, 11) is 0. The lowest BCUT2D eigenvalue weighted by molar-refractivity contribution is -0.154. The fourth-order valence-corrected chi connectivity index (χ4v) is 2.48. The predicted octanol–water partition coefficient (Wildman–Crippen LogP) is 3.27. The van der Waals surface area contributed by atoms with E-state index in [2.05, 4.69) is 5.32 Å². The lowest BCUT2D eigenvalue weighted by Crippen LogP contribution is -2.35. The number of benzene rings is 2. The maximum atomic E-state index is 12.1. The Morgan fingerprint density at radius 2 is 1.73 bits per heavy atom. The molecule has 0 spiro atoms. The maximum absolute atomic E-state index is 12.1. The van der Waals surface area contributed by atoms with E-state index in [0.29, 0.717) is 19.6 Å². The van der Waals surface area contributed by atoms with Crippen molar-refractivity contribution in [3.8, 4) is 5.75 Å². The quantitative estimate of drug-likeness (QED) is 0.701. The number of carbonyl (C=O) groups is 2. The Bertz CT molecular complexity index is 715. The van der Waals surface area contributed by atoms with Crippen molar-refractivity contribution in [1.82, 2.24) is 5.32 Å². The number of rotatable bonds is 9. The molecular formula is C21H25NO4. The summed E-state index contributed by atoms with van der Waals surface area (Å²) in [6, 6.07) is 17.2. The van der Waals surface area contributed by atoms with Gasteiger partial charge in [0.2, 0.25) is 0 Å². The number of esters is 1. The molecule has 5 nitrogen and oxygen atoms in total. The van der Waals surface area contributed by atoms with Gasteiger partial charge < -0.3 is 14.8 Å². The molecule has 26 heavy (non-hydrogen) atoms. The molecule has 1 amide bonds. The summed E-state index contributed by atoms with van der Waals surface area (Å²) in [6.45, 7) is 4.47. The van der Waals surface area contributed by atoms with Gasteiger partial charge >= 0.3 is 5.97 Å². The van der Waals surface area contributed by atoms with E-state index < -0.39 is 12.1 Å². The lowest BCUT2D eigenvalue weighted by atomic mass is 10.1. The van der Waals surface area contributed by atoms with Crippen LogP contribution in [0.5, 0.6) is 5.75 Å². The van der Waals surface area contributed by atoms with Crippen LogP contribution in [0.1, 0.15) is 31.4 Å². The Morgan fingerprint density at radius 1 is 1.04 bits per heavy atom. The van der Waals surface area contributed by atoms with Crippen LogP contribution in [0.4, 0.5) is 0 Å². The van der Waals surface area contributed by atoms with Crippen LogP contribution in [-0.4, -0.2) is 24.6 Å². The molecule has 2 aromatic rings. The number of nitrogens with one attached hydrogen (secondary N) is 1. The average molecular weight is 355 g/mol. The Labute approximate surface area is 154 Å². The van der Waals surface area contributed by atoms with Gasteiger partial charge in [0.25, 0.3) is 5.91 Å². The minimum atomic E-state index is -0.826. The van der Waals surface area contributed by atoms with Crippen molar-refractivity contribution in [2.45, 2.75) is 39.3 Å². The Morgan fingerprint density at radius 3 is 2.46 bits per heavy atom. The predicted molar refractivity (Wildman–Crippen MR) is 99.8 cm³/mol. The van der Waals surface area contributed by atoms with Gasteiger partial charge in [-0.3, -0.25) is 9.59 Å². The van der Waals surface area contributed by atoms with E-state index in [-0.39, 0.29) is 12.3 Å². The van der Waals surface area contributed by atoms with Gasteiger partial charge in [0, 0.05) is 13.0 Å². The molecule has 0 saturated carbocycles. The van der Waals surface area contributed by atoms with E-state index in [0.717, 1.165) is 16.9 Å². The van der Waals surface area contributed by atoms with Crippen molar-refractivity contribution in [1.29, 1.82) is 0 Å². The summed E-state index contributed by atoms with van der Waals surface area (Å²) in [5, 5.41) is 2.77. The van der Waals surface area contributed by atoms with E-state index in [9.17, 15) is 9.59 Å². The monoisotopic (exact) mass is 355 g/mol. The van der Waals surface area contributed by atoms with Crippen LogP contribution in [0.15, 0.2) is 54.6 Å². The van der Waals surface area contributed by atoms with E-state index in [1.807, 2.05) is 61.5 Å². The molecule has 0 bridgehead atoms. The summed E-state index contributed by atoms with van der Waals surface area (Å²) in [5.41, 5.74) is 1.94. The zero-order chi connectivity index (χ0) is 18.8. The van der Waals surface area contributed by atoms with E-state index in [4.69, 9.17) is 9.47 Å². The molecule has 0 aromatic heterocycles. The van der Waals surface area contributed by atoms with Crippen LogP contribution in [0.2, 0.25) is 0 Å². The second-order valence-electron chi connectivity index (χ2n) is 5.88. The number of carbonyl (C=O) groups excluding carboxylic acids is 2. The first-order chi connectivity index (χ1) is 12.6. The van der Waals surface area contributed by atoms with Gasteiger partial charge in [-0.1, -0.05) is 48.5 Å².